The van der Waals surface area contributed by atoms with Gasteiger partial charge in [-0.05, 0) is 30.2 Å². The largest absolute Gasteiger partial charge is 0.433 e. The Morgan fingerprint density at radius 2 is 2.33 bits per heavy atom. The average Bonchev–Trinajstić information content (AvgIpc) is 3.06. The summed E-state index contributed by atoms with van der Waals surface area (Å²) in [6.45, 7) is -2.58. The lowest BCUT2D eigenvalue weighted by Crippen LogP contribution is -2.41. The summed E-state index contributed by atoms with van der Waals surface area (Å²) in [5.41, 5.74) is 5.57. The molecule has 0 bridgehead atoms. The van der Waals surface area contributed by atoms with Crippen molar-refractivity contribution in [3.05, 3.63) is 16.3 Å². The molecule has 0 radical (unpaired) electrons. The molecule has 0 spiro atoms. The number of rotatable bonds is 6. The highest BCUT2D eigenvalue weighted by molar-refractivity contribution is 7.12. The Kier molecular flexibility index (Phi) is 4.13. The molecule has 4 nitrogen and oxygen atoms in total. The lowest BCUT2D eigenvalue weighted by molar-refractivity contribution is -0.0498. The van der Waals surface area contributed by atoms with Crippen LogP contribution in [0.15, 0.2) is 11.4 Å². The van der Waals surface area contributed by atoms with Crippen molar-refractivity contribution in [1.82, 2.24) is 5.32 Å². The molecule has 1 heterocycles. The molecule has 0 saturated heterocycles. The van der Waals surface area contributed by atoms with Crippen LogP contribution in [-0.2, 0) is 0 Å². The number of hydrogen-bond donors (Lipinski definition) is 2. The fourth-order valence-electron chi connectivity index (χ4n) is 1.75. The predicted octanol–water partition coefficient (Wildman–Crippen LogP) is 1.82. The Morgan fingerprint density at radius 3 is 2.89 bits per heavy atom. The number of alkyl halides is 2. The third kappa shape index (κ3) is 3.17. The van der Waals surface area contributed by atoms with Crippen LogP contribution in [0.3, 0.4) is 0 Å². The number of nitrogens with one attached hydrogen (secondary N) is 1. The predicted molar refractivity (Wildman–Crippen MR) is 64.0 cm³/mol. The van der Waals surface area contributed by atoms with E-state index in [4.69, 9.17) is 5.73 Å². The number of thiophene rings is 1. The summed E-state index contributed by atoms with van der Waals surface area (Å²) in [6, 6.07) is 1.28. The van der Waals surface area contributed by atoms with E-state index in [-0.39, 0.29) is 16.7 Å². The second-order valence-corrected chi connectivity index (χ2v) is 5.06. The van der Waals surface area contributed by atoms with Crippen molar-refractivity contribution in [3.8, 4) is 5.75 Å². The first kappa shape index (κ1) is 13.2. The van der Waals surface area contributed by atoms with Crippen molar-refractivity contribution in [2.45, 2.75) is 25.5 Å². The van der Waals surface area contributed by atoms with E-state index < -0.39 is 12.5 Å². The normalized spacial score (nSPS) is 16.7. The topological polar surface area (TPSA) is 64.3 Å². The van der Waals surface area contributed by atoms with E-state index in [1.165, 1.54) is 6.07 Å². The van der Waals surface area contributed by atoms with E-state index in [0.717, 1.165) is 24.2 Å². The maximum Gasteiger partial charge on any atom is 0.387 e. The third-order valence-electron chi connectivity index (χ3n) is 2.81. The number of ether oxygens (including phenoxy) is 1. The zero-order valence-corrected chi connectivity index (χ0v) is 10.4. The molecule has 1 aromatic heterocycles. The zero-order valence-electron chi connectivity index (χ0n) is 9.57. The quantitative estimate of drug-likeness (QED) is 0.833. The summed E-state index contributed by atoms with van der Waals surface area (Å²) in [4.78, 5) is 12.1. The lowest BCUT2D eigenvalue weighted by atomic mass is 10.2. The molecule has 1 aromatic rings. The first-order valence-electron chi connectivity index (χ1n) is 5.65. The zero-order chi connectivity index (χ0) is 13.1. The highest BCUT2D eigenvalue weighted by atomic mass is 32.1. The second kappa shape index (κ2) is 5.62. The highest BCUT2D eigenvalue weighted by Gasteiger charge is 2.32. The molecule has 1 saturated carbocycles. The number of halogens is 2. The Morgan fingerprint density at radius 1 is 1.61 bits per heavy atom. The van der Waals surface area contributed by atoms with Gasteiger partial charge in [0, 0.05) is 12.6 Å². The van der Waals surface area contributed by atoms with Crippen LogP contribution in [0.25, 0.3) is 0 Å². The standard InChI is InChI=1S/C11H14F2N2O2S/c12-11(13)17-8-3-4-18-9(8)10(16)15-7(5-14)6-1-2-6/h3-4,6-7,11H,1-2,5,14H2,(H,15,16). The molecule has 0 aromatic carbocycles. The number of carbonyl (C=O) groups is 1. The molecule has 18 heavy (non-hydrogen) atoms. The van der Waals surface area contributed by atoms with Gasteiger partial charge in [-0.15, -0.1) is 11.3 Å². The summed E-state index contributed by atoms with van der Waals surface area (Å²) in [5, 5.41) is 4.31. The highest BCUT2D eigenvalue weighted by Crippen LogP contribution is 2.33. The van der Waals surface area contributed by atoms with Gasteiger partial charge in [0.25, 0.3) is 5.91 Å². The van der Waals surface area contributed by atoms with Crippen LogP contribution in [0.2, 0.25) is 0 Å². The van der Waals surface area contributed by atoms with E-state index in [9.17, 15) is 13.6 Å². The van der Waals surface area contributed by atoms with Crippen LogP contribution >= 0.6 is 11.3 Å². The maximum absolute atomic E-state index is 12.1. The first-order valence-corrected chi connectivity index (χ1v) is 6.53. The average molecular weight is 276 g/mol. The van der Waals surface area contributed by atoms with Crippen LogP contribution in [-0.4, -0.2) is 25.1 Å². The van der Waals surface area contributed by atoms with Gasteiger partial charge in [0.15, 0.2) is 0 Å². The van der Waals surface area contributed by atoms with Crippen LogP contribution in [0.5, 0.6) is 5.75 Å². The van der Waals surface area contributed by atoms with Crippen molar-refractivity contribution in [3.63, 3.8) is 0 Å². The Hall–Kier alpha value is -1.21. The molecule has 2 rings (SSSR count). The summed E-state index contributed by atoms with van der Waals surface area (Å²) in [6.07, 6.45) is 2.10. The van der Waals surface area contributed by atoms with Gasteiger partial charge in [-0.1, -0.05) is 0 Å². The van der Waals surface area contributed by atoms with Gasteiger partial charge in [-0.3, -0.25) is 4.79 Å². The van der Waals surface area contributed by atoms with Gasteiger partial charge in [-0.25, -0.2) is 0 Å². The molecular formula is C11H14F2N2O2S. The van der Waals surface area contributed by atoms with Gasteiger partial charge in [-0.2, -0.15) is 8.78 Å². The van der Waals surface area contributed by atoms with Gasteiger partial charge < -0.3 is 15.8 Å². The minimum absolute atomic E-state index is 0.0842. The summed E-state index contributed by atoms with van der Waals surface area (Å²) < 4.78 is 28.6. The Bertz CT molecular complexity index is 421. The van der Waals surface area contributed by atoms with Crippen LogP contribution in [0.4, 0.5) is 8.78 Å². The Balaban J connectivity index is 2.01. The minimum Gasteiger partial charge on any atom is -0.433 e. The fourth-order valence-corrected chi connectivity index (χ4v) is 2.48. The van der Waals surface area contributed by atoms with E-state index >= 15 is 0 Å². The third-order valence-corrected chi connectivity index (χ3v) is 3.71. The van der Waals surface area contributed by atoms with E-state index in [2.05, 4.69) is 10.1 Å². The molecular weight excluding hydrogens is 262 g/mol. The first-order chi connectivity index (χ1) is 8.61. The SMILES string of the molecule is NCC(NC(=O)c1sccc1OC(F)F)C1CC1. The minimum atomic E-state index is -2.93. The molecule has 1 amide bonds. The number of nitrogens with two attached hydrogens (primary N) is 1. The van der Waals surface area contributed by atoms with Crippen molar-refractivity contribution >= 4 is 17.2 Å². The number of hydrogen-bond acceptors (Lipinski definition) is 4. The van der Waals surface area contributed by atoms with Crippen LogP contribution in [0.1, 0.15) is 22.5 Å². The smallest absolute Gasteiger partial charge is 0.387 e. The molecule has 0 aliphatic heterocycles. The second-order valence-electron chi connectivity index (χ2n) is 4.15. The van der Waals surface area contributed by atoms with Crippen molar-refractivity contribution < 1.29 is 18.3 Å². The van der Waals surface area contributed by atoms with Gasteiger partial charge in [0.2, 0.25) is 0 Å². The molecule has 1 fully saturated rings. The van der Waals surface area contributed by atoms with E-state index in [1.807, 2.05) is 0 Å². The Labute approximate surface area is 107 Å². The lowest BCUT2D eigenvalue weighted by Gasteiger charge is -2.15. The monoisotopic (exact) mass is 276 g/mol. The van der Waals surface area contributed by atoms with Gasteiger partial charge in [0.1, 0.15) is 10.6 Å². The molecule has 1 unspecified atom stereocenters. The number of amides is 1. The van der Waals surface area contributed by atoms with Crippen molar-refractivity contribution in [2.75, 3.05) is 6.54 Å². The van der Waals surface area contributed by atoms with Crippen molar-refractivity contribution in [1.29, 1.82) is 0 Å². The molecule has 3 N–H and O–H groups in total. The molecule has 7 heteroatoms. The van der Waals surface area contributed by atoms with E-state index in [1.54, 1.807) is 5.38 Å². The van der Waals surface area contributed by atoms with Crippen molar-refractivity contribution in [2.24, 2.45) is 11.7 Å². The van der Waals surface area contributed by atoms with E-state index in [0.29, 0.717) is 12.5 Å². The summed E-state index contributed by atoms with van der Waals surface area (Å²) in [7, 11) is 0. The van der Waals surface area contributed by atoms with Crippen LogP contribution < -0.4 is 15.8 Å². The molecule has 1 aliphatic rings. The van der Waals surface area contributed by atoms with Gasteiger partial charge >= 0.3 is 6.61 Å². The fraction of sp³-hybridized carbons (Fsp3) is 0.545. The summed E-state index contributed by atoms with van der Waals surface area (Å²) >= 11 is 1.07. The summed E-state index contributed by atoms with van der Waals surface area (Å²) in [5.74, 6) is -0.0690. The van der Waals surface area contributed by atoms with Gasteiger partial charge in [0.05, 0.1) is 0 Å². The maximum atomic E-state index is 12.1. The number of carbonyl (C=O) groups excluding carboxylic acids is 1. The molecule has 100 valence electrons. The van der Waals surface area contributed by atoms with Crippen LogP contribution in [0, 0.1) is 5.92 Å². The molecule has 1 atom stereocenters. The molecule has 1 aliphatic carbocycles.